The highest BCUT2D eigenvalue weighted by atomic mass is 35.5. The Kier molecular flexibility index (Phi) is 6.46. The number of amides is 2. The second kappa shape index (κ2) is 9.21. The van der Waals surface area contributed by atoms with Gasteiger partial charge in [-0.05, 0) is 54.6 Å². The summed E-state index contributed by atoms with van der Waals surface area (Å²) in [7, 11) is 1.71. The Morgan fingerprint density at radius 2 is 1.62 bits per heavy atom. The summed E-state index contributed by atoms with van der Waals surface area (Å²) in [5.41, 5.74) is 2.40. The average molecular weight is 412 g/mol. The number of anilines is 3. The van der Waals surface area contributed by atoms with Gasteiger partial charge in [0, 0.05) is 29.7 Å². The molecule has 2 N–H and O–H groups in total. The van der Waals surface area contributed by atoms with E-state index in [-0.39, 0.29) is 23.4 Å². The maximum absolute atomic E-state index is 13.2. The molecule has 0 spiro atoms. The molecule has 3 rings (SSSR count). The van der Waals surface area contributed by atoms with Crippen LogP contribution in [-0.4, -0.2) is 25.4 Å². The monoisotopic (exact) mass is 411 g/mol. The predicted octanol–water partition coefficient (Wildman–Crippen LogP) is 4.81. The van der Waals surface area contributed by atoms with Crippen molar-refractivity contribution in [2.24, 2.45) is 0 Å². The number of halogens is 2. The van der Waals surface area contributed by atoms with Crippen LogP contribution in [0.15, 0.2) is 72.8 Å². The molecule has 0 unspecified atom stereocenters. The topological polar surface area (TPSA) is 61.4 Å². The van der Waals surface area contributed by atoms with Crippen molar-refractivity contribution in [3.05, 3.63) is 89.2 Å². The lowest BCUT2D eigenvalue weighted by Gasteiger charge is -2.17. The van der Waals surface area contributed by atoms with E-state index in [1.807, 2.05) is 30.3 Å². The normalized spacial score (nSPS) is 10.3. The molecule has 5 nitrogen and oxygen atoms in total. The standard InChI is InChI=1S/C22H19ClFN3O2/c1-27(18-5-3-2-4-6-18)22(29)15-7-9-16(10-8-15)26-21(28)14-25-17-11-12-20(24)19(23)13-17/h2-13,25H,14H2,1H3,(H,26,28). The maximum atomic E-state index is 13.2. The van der Waals surface area contributed by atoms with E-state index in [1.54, 1.807) is 36.2 Å². The number of nitrogens with zero attached hydrogens (tertiary/aromatic N) is 1. The molecule has 3 aromatic rings. The van der Waals surface area contributed by atoms with Gasteiger partial charge in [-0.1, -0.05) is 29.8 Å². The fourth-order valence-electron chi connectivity index (χ4n) is 2.65. The van der Waals surface area contributed by atoms with Gasteiger partial charge >= 0.3 is 0 Å². The van der Waals surface area contributed by atoms with Crippen LogP contribution in [-0.2, 0) is 4.79 Å². The number of carbonyl (C=O) groups is 2. The molecule has 7 heteroatoms. The van der Waals surface area contributed by atoms with Crippen LogP contribution in [0.25, 0.3) is 0 Å². The molecule has 0 aliphatic rings. The van der Waals surface area contributed by atoms with Crippen molar-refractivity contribution in [1.82, 2.24) is 0 Å². The predicted molar refractivity (Wildman–Crippen MR) is 114 cm³/mol. The number of carbonyl (C=O) groups excluding carboxylic acids is 2. The van der Waals surface area contributed by atoms with Crippen LogP contribution in [0.3, 0.4) is 0 Å². The van der Waals surface area contributed by atoms with Gasteiger partial charge in [0.2, 0.25) is 5.91 Å². The number of para-hydroxylation sites is 1. The van der Waals surface area contributed by atoms with Crippen LogP contribution in [0.4, 0.5) is 21.5 Å². The van der Waals surface area contributed by atoms with Gasteiger partial charge in [-0.15, -0.1) is 0 Å². The lowest BCUT2D eigenvalue weighted by Crippen LogP contribution is -2.26. The Balaban J connectivity index is 1.56. The van der Waals surface area contributed by atoms with Gasteiger partial charge in [-0.2, -0.15) is 0 Å². The Morgan fingerprint density at radius 3 is 2.28 bits per heavy atom. The van der Waals surface area contributed by atoms with Gasteiger partial charge in [-0.3, -0.25) is 9.59 Å². The molecule has 0 saturated carbocycles. The lowest BCUT2D eigenvalue weighted by atomic mass is 10.1. The summed E-state index contributed by atoms with van der Waals surface area (Å²) in [6, 6.07) is 20.1. The first-order valence-electron chi connectivity index (χ1n) is 8.86. The minimum absolute atomic E-state index is 0.0145. The molecule has 0 heterocycles. The molecule has 148 valence electrons. The first-order chi connectivity index (χ1) is 13.9. The Bertz CT molecular complexity index is 1010. The molecule has 29 heavy (non-hydrogen) atoms. The van der Waals surface area contributed by atoms with Crippen LogP contribution in [0.1, 0.15) is 10.4 Å². The van der Waals surface area contributed by atoms with E-state index in [9.17, 15) is 14.0 Å². The smallest absolute Gasteiger partial charge is 0.258 e. The van der Waals surface area contributed by atoms with Gasteiger partial charge < -0.3 is 15.5 Å². The highest BCUT2D eigenvalue weighted by Gasteiger charge is 2.13. The molecule has 0 bridgehead atoms. The van der Waals surface area contributed by atoms with Gasteiger partial charge in [0.1, 0.15) is 5.82 Å². The summed E-state index contributed by atoms with van der Waals surface area (Å²) in [5.74, 6) is -0.955. The van der Waals surface area contributed by atoms with Gasteiger partial charge in [0.25, 0.3) is 5.91 Å². The van der Waals surface area contributed by atoms with E-state index in [4.69, 9.17) is 11.6 Å². The minimum atomic E-state index is -0.519. The molecular formula is C22H19ClFN3O2. The summed E-state index contributed by atoms with van der Waals surface area (Å²) in [6.45, 7) is -0.0145. The zero-order valence-corrected chi connectivity index (χ0v) is 16.4. The number of rotatable bonds is 6. The summed E-state index contributed by atoms with van der Waals surface area (Å²) in [4.78, 5) is 26.2. The van der Waals surface area contributed by atoms with Crippen molar-refractivity contribution in [2.45, 2.75) is 0 Å². The quantitative estimate of drug-likeness (QED) is 0.612. The summed E-state index contributed by atoms with van der Waals surface area (Å²) in [6.07, 6.45) is 0. The molecular weight excluding hydrogens is 393 g/mol. The van der Waals surface area contributed by atoms with Crippen molar-refractivity contribution in [3.63, 3.8) is 0 Å². The van der Waals surface area contributed by atoms with Crippen LogP contribution in [0.2, 0.25) is 5.02 Å². The zero-order valence-electron chi connectivity index (χ0n) is 15.7. The second-order valence-electron chi connectivity index (χ2n) is 6.31. The van der Waals surface area contributed by atoms with Gasteiger partial charge in [-0.25, -0.2) is 4.39 Å². The first-order valence-corrected chi connectivity index (χ1v) is 9.24. The fraction of sp³-hybridized carbons (Fsp3) is 0.0909. The molecule has 0 aliphatic carbocycles. The third-order valence-corrected chi connectivity index (χ3v) is 4.53. The van der Waals surface area contributed by atoms with Crippen LogP contribution < -0.4 is 15.5 Å². The maximum Gasteiger partial charge on any atom is 0.258 e. The molecule has 0 saturated heterocycles. The van der Waals surface area contributed by atoms with Crippen molar-refractivity contribution in [2.75, 3.05) is 29.1 Å². The number of hydrogen-bond donors (Lipinski definition) is 2. The molecule has 2 amide bonds. The van der Waals surface area contributed by atoms with Crippen molar-refractivity contribution in [3.8, 4) is 0 Å². The minimum Gasteiger partial charge on any atom is -0.376 e. The van der Waals surface area contributed by atoms with Crippen molar-refractivity contribution < 1.29 is 14.0 Å². The first kappa shape index (κ1) is 20.4. The van der Waals surface area contributed by atoms with E-state index >= 15 is 0 Å². The lowest BCUT2D eigenvalue weighted by molar-refractivity contribution is -0.114. The Labute approximate surface area is 173 Å². The van der Waals surface area contributed by atoms with E-state index in [0.29, 0.717) is 16.9 Å². The highest BCUT2D eigenvalue weighted by molar-refractivity contribution is 6.31. The second-order valence-corrected chi connectivity index (χ2v) is 6.71. The summed E-state index contributed by atoms with van der Waals surface area (Å²) in [5, 5.41) is 5.59. The van der Waals surface area contributed by atoms with Crippen LogP contribution in [0.5, 0.6) is 0 Å². The number of benzene rings is 3. The van der Waals surface area contributed by atoms with Crippen LogP contribution in [0, 0.1) is 5.82 Å². The molecule has 0 aliphatic heterocycles. The zero-order chi connectivity index (χ0) is 20.8. The van der Waals surface area contributed by atoms with Gasteiger partial charge in [0.05, 0.1) is 11.6 Å². The summed E-state index contributed by atoms with van der Waals surface area (Å²) >= 11 is 5.71. The van der Waals surface area contributed by atoms with E-state index in [0.717, 1.165) is 5.69 Å². The molecule has 0 fully saturated rings. The van der Waals surface area contributed by atoms with Crippen molar-refractivity contribution in [1.29, 1.82) is 0 Å². The van der Waals surface area contributed by atoms with Gasteiger partial charge in [0.15, 0.2) is 0 Å². The third-order valence-electron chi connectivity index (χ3n) is 4.24. The number of hydrogen-bond acceptors (Lipinski definition) is 3. The number of nitrogens with one attached hydrogen (secondary N) is 2. The molecule has 0 aromatic heterocycles. The van der Waals surface area contributed by atoms with Crippen molar-refractivity contribution >= 4 is 40.5 Å². The Hall–Kier alpha value is -3.38. The molecule has 0 atom stereocenters. The molecule has 3 aromatic carbocycles. The van der Waals surface area contributed by atoms with E-state index in [2.05, 4.69) is 10.6 Å². The fourth-order valence-corrected chi connectivity index (χ4v) is 2.83. The Morgan fingerprint density at radius 1 is 0.966 bits per heavy atom. The SMILES string of the molecule is CN(C(=O)c1ccc(NC(=O)CNc2ccc(F)c(Cl)c2)cc1)c1ccccc1. The molecule has 0 radical (unpaired) electrons. The van der Waals surface area contributed by atoms with E-state index < -0.39 is 5.82 Å². The van der Waals surface area contributed by atoms with E-state index in [1.165, 1.54) is 18.2 Å². The third kappa shape index (κ3) is 5.33. The van der Waals surface area contributed by atoms with Crippen LogP contribution >= 0.6 is 11.6 Å². The summed E-state index contributed by atoms with van der Waals surface area (Å²) < 4.78 is 13.2. The average Bonchev–Trinajstić information content (AvgIpc) is 2.74. The largest absolute Gasteiger partial charge is 0.376 e. The highest BCUT2D eigenvalue weighted by Crippen LogP contribution is 2.19.